The number of ketones is 1. The Balaban J connectivity index is 1.88. The van der Waals surface area contributed by atoms with Crippen molar-refractivity contribution in [1.82, 2.24) is 0 Å². The minimum absolute atomic E-state index is 0.320. The average Bonchev–Trinajstić information content (AvgIpc) is 2.23. The summed E-state index contributed by atoms with van der Waals surface area (Å²) in [6.45, 7) is 4.31. The monoisotopic (exact) mass is 196 g/mol. The molecule has 2 atom stereocenters. The van der Waals surface area contributed by atoms with Crippen molar-refractivity contribution in [1.29, 1.82) is 0 Å². The molecule has 1 aliphatic carbocycles. The van der Waals surface area contributed by atoms with Gasteiger partial charge in [0.15, 0.2) is 0 Å². The van der Waals surface area contributed by atoms with Gasteiger partial charge in [-0.1, -0.05) is 13.3 Å². The van der Waals surface area contributed by atoms with E-state index in [0.29, 0.717) is 11.7 Å². The molecule has 1 unspecified atom stereocenters. The van der Waals surface area contributed by atoms with E-state index in [9.17, 15) is 4.79 Å². The van der Waals surface area contributed by atoms with Crippen molar-refractivity contribution in [3.8, 4) is 0 Å². The molecule has 0 radical (unpaired) electrons. The van der Waals surface area contributed by atoms with Gasteiger partial charge in [0.1, 0.15) is 5.78 Å². The highest BCUT2D eigenvalue weighted by Gasteiger charge is 2.32. The first kappa shape index (κ1) is 10.2. The van der Waals surface area contributed by atoms with Crippen LogP contribution >= 0.6 is 0 Å². The molecule has 2 aliphatic rings. The number of nitrogens with one attached hydrogen (secondary N) is 1. The minimum Gasteiger partial charge on any atom is -0.332 e. The first-order chi connectivity index (χ1) is 6.77. The summed E-state index contributed by atoms with van der Waals surface area (Å²) in [5.41, 5.74) is 0. The van der Waals surface area contributed by atoms with Crippen LogP contribution in [0.2, 0.25) is 0 Å². The van der Waals surface area contributed by atoms with Crippen molar-refractivity contribution in [2.45, 2.75) is 51.5 Å². The summed E-state index contributed by atoms with van der Waals surface area (Å²) in [6, 6.07) is 0.874. The van der Waals surface area contributed by atoms with Crippen LogP contribution in [0.3, 0.4) is 0 Å². The maximum absolute atomic E-state index is 11.4. The Labute approximate surface area is 86.7 Å². The second kappa shape index (κ2) is 4.43. The highest BCUT2D eigenvalue weighted by atomic mass is 16.1. The summed E-state index contributed by atoms with van der Waals surface area (Å²) in [5, 5.41) is 0. The number of carbonyl (C=O) groups excluding carboxylic acids is 1. The Kier molecular flexibility index (Phi) is 3.22. The molecule has 1 N–H and O–H groups in total. The van der Waals surface area contributed by atoms with E-state index in [0.717, 1.165) is 25.6 Å². The predicted molar refractivity (Wildman–Crippen MR) is 56.4 cm³/mol. The standard InChI is InChI=1S/C12H21NO/c1-10-9-13(8-7-12(10)14)11-5-3-2-4-6-11/h10-11H,2-9H2,1H3/p+1/t10-/m0/s1. The molecule has 0 aromatic carbocycles. The molecular formula is C12H22NO+. The van der Waals surface area contributed by atoms with Crippen LogP contribution in [0.5, 0.6) is 0 Å². The van der Waals surface area contributed by atoms with Gasteiger partial charge in [-0.3, -0.25) is 4.79 Å². The van der Waals surface area contributed by atoms with Crippen molar-refractivity contribution < 1.29 is 9.69 Å². The number of Topliss-reactive ketones (excluding diaryl/α,β-unsaturated/α-hetero) is 1. The van der Waals surface area contributed by atoms with E-state index >= 15 is 0 Å². The van der Waals surface area contributed by atoms with Gasteiger partial charge in [0, 0.05) is 0 Å². The van der Waals surface area contributed by atoms with E-state index in [1.54, 1.807) is 4.90 Å². The molecule has 2 nitrogen and oxygen atoms in total. The topological polar surface area (TPSA) is 21.5 Å². The Morgan fingerprint density at radius 2 is 1.93 bits per heavy atom. The highest BCUT2D eigenvalue weighted by Crippen LogP contribution is 2.16. The van der Waals surface area contributed by atoms with Gasteiger partial charge in [0.05, 0.1) is 31.5 Å². The second-order valence-electron chi connectivity index (χ2n) is 5.06. The van der Waals surface area contributed by atoms with E-state index < -0.39 is 0 Å². The molecule has 1 aliphatic heterocycles. The summed E-state index contributed by atoms with van der Waals surface area (Å²) in [5.74, 6) is 0.810. The quantitative estimate of drug-likeness (QED) is 0.658. The van der Waals surface area contributed by atoms with Gasteiger partial charge in [-0.05, 0) is 25.7 Å². The molecular weight excluding hydrogens is 174 g/mol. The summed E-state index contributed by atoms with van der Waals surface area (Å²) >= 11 is 0. The number of quaternary nitrogens is 1. The molecule has 0 aromatic heterocycles. The van der Waals surface area contributed by atoms with Gasteiger partial charge in [0.2, 0.25) is 0 Å². The van der Waals surface area contributed by atoms with Crippen LogP contribution in [0.4, 0.5) is 0 Å². The van der Waals surface area contributed by atoms with Crippen LogP contribution in [0.25, 0.3) is 0 Å². The largest absolute Gasteiger partial charge is 0.332 e. The van der Waals surface area contributed by atoms with Gasteiger partial charge in [-0.25, -0.2) is 0 Å². The smallest absolute Gasteiger partial charge is 0.146 e. The lowest BCUT2D eigenvalue weighted by Gasteiger charge is -2.35. The third-order valence-corrected chi connectivity index (χ3v) is 3.99. The van der Waals surface area contributed by atoms with Gasteiger partial charge in [-0.2, -0.15) is 0 Å². The second-order valence-corrected chi connectivity index (χ2v) is 5.06. The fourth-order valence-electron chi connectivity index (χ4n) is 3.02. The van der Waals surface area contributed by atoms with Crippen molar-refractivity contribution >= 4 is 5.78 Å². The summed E-state index contributed by atoms with van der Waals surface area (Å²) in [6.07, 6.45) is 7.88. The molecule has 0 aromatic rings. The van der Waals surface area contributed by atoms with Crippen LogP contribution < -0.4 is 4.90 Å². The van der Waals surface area contributed by atoms with Crippen LogP contribution in [0.15, 0.2) is 0 Å². The molecule has 0 bridgehead atoms. The predicted octanol–water partition coefficient (Wildman–Crippen LogP) is 0.813. The van der Waals surface area contributed by atoms with Crippen molar-refractivity contribution in [2.24, 2.45) is 5.92 Å². The van der Waals surface area contributed by atoms with E-state index in [4.69, 9.17) is 0 Å². The minimum atomic E-state index is 0.320. The lowest BCUT2D eigenvalue weighted by Crippen LogP contribution is -3.17. The van der Waals surface area contributed by atoms with Gasteiger partial charge in [0.25, 0.3) is 0 Å². The maximum atomic E-state index is 11.4. The Morgan fingerprint density at radius 3 is 2.57 bits per heavy atom. The molecule has 80 valence electrons. The van der Waals surface area contributed by atoms with E-state index in [-0.39, 0.29) is 0 Å². The van der Waals surface area contributed by atoms with Gasteiger partial charge < -0.3 is 4.90 Å². The summed E-state index contributed by atoms with van der Waals surface area (Å²) in [4.78, 5) is 13.1. The summed E-state index contributed by atoms with van der Waals surface area (Å²) in [7, 11) is 0. The molecule has 0 amide bonds. The molecule has 2 heteroatoms. The zero-order valence-electron chi connectivity index (χ0n) is 9.22. The number of likely N-dealkylation sites (tertiary alicyclic amines) is 1. The summed E-state index contributed by atoms with van der Waals surface area (Å²) < 4.78 is 0. The third kappa shape index (κ3) is 2.17. The van der Waals surface area contributed by atoms with Crippen LogP contribution in [-0.2, 0) is 4.79 Å². The van der Waals surface area contributed by atoms with E-state index in [1.165, 1.54) is 32.1 Å². The van der Waals surface area contributed by atoms with Crippen LogP contribution in [0.1, 0.15) is 45.4 Å². The van der Waals surface area contributed by atoms with Crippen LogP contribution in [0, 0.1) is 5.92 Å². The maximum Gasteiger partial charge on any atom is 0.146 e. The Hall–Kier alpha value is -0.370. The molecule has 1 saturated heterocycles. The van der Waals surface area contributed by atoms with E-state index in [1.807, 2.05) is 0 Å². The zero-order valence-corrected chi connectivity index (χ0v) is 9.22. The number of hydrogen-bond acceptors (Lipinski definition) is 1. The molecule has 1 heterocycles. The normalized spacial score (nSPS) is 35.9. The fraction of sp³-hybridized carbons (Fsp3) is 0.917. The first-order valence-electron chi connectivity index (χ1n) is 6.14. The van der Waals surface area contributed by atoms with Crippen molar-refractivity contribution in [3.63, 3.8) is 0 Å². The highest BCUT2D eigenvalue weighted by molar-refractivity contribution is 5.81. The molecule has 2 fully saturated rings. The zero-order chi connectivity index (χ0) is 9.97. The lowest BCUT2D eigenvalue weighted by atomic mass is 9.90. The number of carbonyl (C=O) groups is 1. The molecule has 0 spiro atoms. The number of piperidine rings is 1. The Bertz CT molecular complexity index is 208. The van der Waals surface area contributed by atoms with Crippen LogP contribution in [-0.4, -0.2) is 24.9 Å². The molecule has 2 rings (SSSR count). The van der Waals surface area contributed by atoms with Gasteiger partial charge >= 0.3 is 0 Å². The average molecular weight is 196 g/mol. The lowest BCUT2D eigenvalue weighted by molar-refractivity contribution is -0.931. The molecule has 14 heavy (non-hydrogen) atoms. The number of rotatable bonds is 1. The number of hydrogen-bond donors (Lipinski definition) is 1. The van der Waals surface area contributed by atoms with E-state index in [2.05, 4.69) is 6.92 Å². The SMILES string of the molecule is C[C@H]1C[NH+](C2CCCCC2)CCC1=O. The first-order valence-corrected chi connectivity index (χ1v) is 6.14. The molecule has 1 saturated carbocycles. The van der Waals surface area contributed by atoms with Gasteiger partial charge in [-0.15, -0.1) is 0 Å². The Morgan fingerprint density at radius 1 is 1.21 bits per heavy atom. The fourth-order valence-corrected chi connectivity index (χ4v) is 3.02. The van der Waals surface area contributed by atoms with Crippen molar-refractivity contribution in [2.75, 3.05) is 13.1 Å². The van der Waals surface area contributed by atoms with Crippen molar-refractivity contribution in [3.05, 3.63) is 0 Å². The third-order valence-electron chi connectivity index (χ3n) is 3.99.